The highest BCUT2D eigenvalue weighted by Gasteiger charge is 2.09. The fraction of sp³-hybridized carbons (Fsp3) is 0.125. The highest BCUT2D eigenvalue weighted by atomic mass is 35.5. The van der Waals surface area contributed by atoms with Gasteiger partial charge in [-0.1, -0.05) is 11.6 Å². The first-order valence-electron chi connectivity index (χ1n) is 3.63. The lowest BCUT2D eigenvalue weighted by molar-refractivity contribution is 0.954. The van der Waals surface area contributed by atoms with Gasteiger partial charge in [0.15, 0.2) is 10.8 Å². The average Bonchev–Trinajstić information content (AvgIpc) is 2.53. The minimum absolute atomic E-state index is 0.315. The molecule has 0 N–H and O–H groups in total. The van der Waals surface area contributed by atoms with Crippen LogP contribution in [0.15, 0.2) is 12.4 Å². The summed E-state index contributed by atoms with van der Waals surface area (Å²) < 4.78 is 1.44. The standard InChI is InChI=1S/C8H5ClN4/c1-5-2-7-11-4-12-13(7)8(9)6(5)3-10/h2,4H,1H3. The summed E-state index contributed by atoms with van der Waals surface area (Å²) in [6, 6.07) is 3.80. The van der Waals surface area contributed by atoms with Gasteiger partial charge in [0.05, 0.1) is 5.56 Å². The van der Waals surface area contributed by atoms with E-state index >= 15 is 0 Å². The zero-order valence-electron chi connectivity index (χ0n) is 6.82. The van der Waals surface area contributed by atoms with E-state index in [0.29, 0.717) is 16.4 Å². The number of nitrogens with zero attached hydrogens (tertiary/aromatic N) is 4. The normalized spacial score (nSPS) is 10.2. The van der Waals surface area contributed by atoms with E-state index in [1.807, 2.05) is 13.0 Å². The molecule has 2 aromatic heterocycles. The third-order valence-electron chi connectivity index (χ3n) is 1.82. The predicted octanol–water partition coefficient (Wildman–Crippen LogP) is 1.56. The van der Waals surface area contributed by atoms with Crippen LogP contribution in [-0.2, 0) is 0 Å². The first-order valence-corrected chi connectivity index (χ1v) is 4.01. The van der Waals surface area contributed by atoms with E-state index in [9.17, 15) is 0 Å². The maximum atomic E-state index is 8.80. The van der Waals surface area contributed by atoms with Gasteiger partial charge < -0.3 is 0 Å². The smallest absolute Gasteiger partial charge is 0.157 e. The van der Waals surface area contributed by atoms with Crippen LogP contribution < -0.4 is 0 Å². The van der Waals surface area contributed by atoms with Crippen LogP contribution in [0.4, 0.5) is 0 Å². The molecule has 0 fully saturated rings. The van der Waals surface area contributed by atoms with Gasteiger partial charge in [-0.3, -0.25) is 0 Å². The van der Waals surface area contributed by atoms with Crippen molar-refractivity contribution in [2.75, 3.05) is 0 Å². The van der Waals surface area contributed by atoms with Crippen molar-refractivity contribution in [1.29, 1.82) is 5.26 Å². The van der Waals surface area contributed by atoms with Crippen molar-refractivity contribution < 1.29 is 0 Å². The van der Waals surface area contributed by atoms with Crippen LogP contribution in [0.1, 0.15) is 11.1 Å². The lowest BCUT2D eigenvalue weighted by Crippen LogP contribution is -1.95. The van der Waals surface area contributed by atoms with Crippen molar-refractivity contribution >= 4 is 17.2 Å². The zero-order chi connectivity index (χ0) is 9.42. The molecule has 2 heterocycles. The molecule has 0 amide bonds. The first-order chi connectivity index (χ1) is 6.24. The zero-order valence-corrected chi connectivity index (χ0v) is 7.58. The largest absolute Gasteiger partial charge is 0.215 e. The van der Waals surface area contributed by atoms with E-state index in [2.05, 4.69) is 10.1 Å². The topological polar surface area (TPSA) is 54.0 Å². The van der Waals surface area contributed by atoms with Gasteiger partial charge in [-0.05, 0) is 18.6 Å². The van der Waals surface area contributed by atoms with Crippen LogP contribution in [0.25, 0.3) is 5.65 Å². The average molecular weight is 193 g/mol. The summed E-state index contributed by atoms with van der Waals surface area (Å²) in [6.45, 7) is 1.82. The Labute approximate surface area is 79.4 Å². The van der Waals surface area contributed by atoms with Crippen molar-refractivity contribution in [2.45, 2.75) is 6.92 Å². The van der Waals surface area contributed by atoms with Crippen molar-refractivity contribution in [3.8, 4) is 6.07 Å². The maximum Gasteiger partial charge on any atom is 0.157 e. The Morgan fingerprint density at radius 1 is 1.62 bits per heavy atom. The van der Waals surface area contributed by atoms with Gasteiger partial charge in [-0.25, -0.2) is 9.50 Å². The summed E-state index contributed by atoms with van der Waals surface area (Å²) in [5.74, 6) is 0. The molecule has 0 saturated carbocycles. The Morgan fingerprint density at radius 3 is 3.08 bits per heavy atom. The quantitative estimate of drug-likeness (QED) is 0.596. The molecule has 0 aromatic carbocycles. The molecule has 0 atom stereocenters. The number of fused-ring (bicyclic) bond motifs is 1. The van der Waals surface area contributed by atoms with Crippen LogP contribution in [0.2, 0.25) is 5.15 Å². The highest BCUT2D eigenvalue weighted by molar-refractivity contribution is 6.31. The van der Waals surface area contributed by atoms with Gasteiger partial charge in [-0.2, -0.15) is 10.4 Å². The molecule has 2 aromatic rings. The molecule has 2 rings (SSSR count). The van der Waals surface area contributed by atoms with Gasteiger partial charge in [0.2, 0.25) is 0 Å². The molecule has 0 aliphatic rings. The van der Waals surface area contributed by atoms with E-state index in [1.165, 1.54) is 10.8 Å². The van der Waals surface area contributed by atoms with E-state index in [4.69, 9.17) is 16.9 Å². The van der Waals surface area contributed by atoms with Crippen LogP contribution in [0.5, 0.6) is 0 Å². The lowest BCUT2D eigenvalue weighted by atomic mass is 10.2. The monoisotopic (exact) mass is 192 g/mol. The van der Waals surface area contributed by atoms with Gasteiger partial charge in [0.1, 0.15) is 12.4 Å². The number of hydrogen-bond donors (Lipinski definition) is 0. The Bertz CT molecular complexity index is 509. The minimum Gasteiger partial charge on any atom is -0.215 e. The van der Waals surface area contributed by atoms with Gasteiger partial charge >= 0.3 is 0 Å². The summed E-state index contributed by atoms with van der Waals surface area (Å²) in [4.78, 5) is 3.97. The molecule has 13 heavy (non-hydrogen) atoms. The number of pyridine rings is 1. The van der Waals surface area contributed by atoms with Crippen LogP contribution in [0, 0.1) is 18.3 Å². The fourth-order valence-electron chi connectivity index (χ4n) is 1.17. The molecule has 0 spiro atoms. The van der Waals surface area contributed by atoms with Gasteiger partial charge in [-0.15, -0.1) is 0 Å². The Balaban J connectivity index is 2.95. The second kappa shape index (κ2) is 2.71. The molecular weight excluding hydrogens is 188 g/mol. The molecule has 0 saturated heterocycles. The number of rotatable bonds is 0. The van der Waals surface area contributed by atoms with Crippen molar-refractivity contribution in [3.05, 3.63) is 28.7 Å². The maximum absolute atomic E-state index is 8.80. The summed E-state index contributed by atoms with van der Waals surface area (Å²) in [5.41, 5.74) is 1.91. The molecule has 0 aliphatic carbocycles. The molecule has 64 valence electrons. The SMILES string of the molecule is Cc1cc2ncnn2c(Cl)c1C#N. The Morgan fingerprint density at radius 2 is 2.38 bits per heavy atom. The molecule has 0 bridgehead atoms. The molecule has 4 nitrogen and oxygen atoms in total. The number of halogens is 1. The Kier molecular flexibility index (Phi) is 1.67. The third-order valence-corrected chi connectivity index (χ3v) is 2.17. The number of aromatic nitrogens is 3. The van der Waals surface area contributed by atoms with Crippen molar-refractivity contribution in [1.82, 2.24) is 14.6 Å². The second-order valence-electron chi connectivity index (χ2n) is 2.64. The summed E-state index contributed by atoms with van der Waals surface area (Å²) in [6.07, 6.45) is 1.40. The number of hydrogen-bond acceptors (Lipinski definition) is 3. The first kappa shape index (κ1) is 8.02. The molecule has 0 radical (unpaired) electrons. The number of nitriles is 1. The predicted molar refractivity (Wildman–Crippen MR) is 47.4 cm³/mol. The number of aryl methyl sites for hydroxylation is 1. The summed E-state index contributed by atoms with van der Waals surface area (Å²) in [5, 5.41) is 13.0. The van der Waals surface area contributed by atoms with E-state index in [0.717, 1.165) is 5.56 Å². The van der Waals surface area contributed by atoms with Gasteiger partial charge in [0.25, 0.3) is 0 Å². The van der Waals surface area contributed by atoms with Crippen LogP contribution in [0.3, 0.4) is 0 Å². The van der Waals surface area contributed by atoms with Gasteiger partial charge in [0, 0.05) is 0 Å². The summed E-state index contributed by atoms with van der Waals surface area (Å²) in [7, 11) is 0. The highest BCUT2D eigenvalue weighted by Crippen LogP contribution is 2.19. The fourth-order valence-corrected chi connectivity index (χ4v) is 1.49. The van der Waals surface area contributed by atoms with E-state index < -0.39 is 0 Å². The van der Waals surface area contributed by atoms with E-state index in [-0.39, 0.29) is 0 Å². The third kappa shape index (κ3) is 1.05. The molecule has 0 unspecified atom stereocenters. The summed E-state index contributed by atoms with van der Waals surface area (Å²) >= 11 is 5.93. The lowest BCUT2D eigenvalue weighted by Gasteiger charge is -2.01. The molecular formula is C8H5ClN4. The molecule has 0 aliphatic heterocycles. The van der Waals surface area contributed by atoms with Crippen molar-refractivity contribution in [3.63, 3.8) is 0 Å². The van der Waals surface area contributed by atoms with Crippen molar-refractivity contribution in [2.24, 2.45) is 0 Å². The second-order valence-corrected chi connectivity index (χ2v) is 2.99. The van der Waals surface area contributed by atoms with Crippen LogP contribution in [-0.4, -0.2) is 14.6 Å². The van der Waals surface area contributed by atoms with Crippen LogP contribution >= 0.6 is 11.6 Å². The minimum atomic E-state index is 0.315. The Hall–Kier alpha value is -1.60. The van der Waals surface area contributed by atoms with E-state index in [1.54, 1.807) is 6.07 Å². The molecule has 5 heteroatoms.